The van der Waals surface area contributed by atoms with Crippen molar-refractivity contribution in [1.29, 1.82) is 0 Å². The Balaban J connectivity index is 3.03. The number of aromatic hydroxyl groups is 1. The van der Waals surface area contributed by atoms with E-state index in [1.807, 2.05) is 6.92 Å². The SMILES string of the molecule is C=CCNC(C(=O)OC)c1ccc(O)c(OCC)c1. The van der Waals surface area contributed by atoms with Crippen LogP contribution in [-0.4, -0.2) is 31.3 Å². The molecule has 1 unspecified atom stereocenters. The van der Waals surface area contributed by atoms with E-state index in [0.717, 1.165) is 0 Å². The number of hydrogen-bond acceptors (Lipinski definition) is 5. The quantitative estimate of drug-likeness (QED) is 0.581. The van der Waals surface area contributed by atoms with Crippen LogP contribution in [0.5, 0.6) is 11.5 Å². The number of carbonyl (C=O) groups excluding carboxylic acids is 1. The smallest absolute Gasteiger partial charge is 0.327 e. The number of phenolic OH excluding ortho intramolecular Hbond substituents is 1. The third kappa shape index (κ3) is 3.99. The van der Waals surface area contributed by atoms with Crippen LogP contribution in [0.4, 0.5) is 0 Å². The third-order valence-corrected chi connectivity index (χ3v) is 2.52. The van der Waals surface area contributed by atoms with E-state index < -0.39 is 12.0 Å². The number of ether oxygens (including phenoxy) is 2. The van der Waals surface area contributed by atoms with E-state index in [9.17, 15) is 9.90 Å². The summed E-state index contributed by atoms with van der Waals surface area (Å²) in [7, 11) is 1.33. The average Bonchev–Trinajstić information content (AvgIpc) is 2.42. The van der Waals surface area contributed by atoms with Crippen LogP contribution in [0, 0.1) is 0 Å². The fourth-order valence-electron chi connectivity index (χ4n) is 1.64. The van der Waals surface area contributed by atoms with Crippen molar-refractivity contribution in [2.45, 2.75) is 13.0 Å². The minimum absolute atomic E-state index is 0.0398. The molecule has 0 bridgehead atoms. The second kappa shape index (κ2) is 7.43. The molecule has 5 nitrogen and oxygen atoms in total. The lowest BCUT2D eigenvalue weighted by atomic mass is 10.1. The van der Waals surface area contributed by atoms with Crippen LogP contribution in [0.2, 0.25) is 0 Å². The van der Waals surface area contributed by atoms with Crippen molar-refractivity contribution >= 4 is 5.97 Å². The van der Waals surface area contributed by atoms with Gasteiger partial charge < -0.3 is 14.6 Å². The summed E-state index contributed by atoms with van der Waals surface area (Å²) >= 11 is 0. The van der Waals surface area contributed by atoms with Gasteiger partial charge in [-0.05, 0) is 24.6 Å². The van der Waals surface area contributed by atoms with Gasteiger partial charge in [0.2, 0.25) is 0 Å². The van der Waals surface area contributed by atoms with Crippen LogP contribution in [-0.2, 0) is 9.53 Å². The van der Waals surface area contributed by atoms with E-state index in [1.54, 1.807) is 18.2 Å². The van der Waals surface area contributed by atoms with Crippen molar-refractivity contribution in [2.24, 2.45) is 0 Å². The molecule has 1 aromatic rings. The Kier molecular flexibility index (Phi) is 5.89. The Labute approximate surface area is 112 Å². The highest BCUT2D eigenvalue weighted by molar-refractivity contribution is 5.78. The zero-order valence-electron chi connectivity index (χ0n) is 11.2. The molecule has 0 saturated carbocycles. The normalized spacial score (nSPS) is 11.7. The Hall–Kier alpha value is -2.01. The number of hydrogen-bond donors (Lipinski definition) is 2. The van der Waals surface area contributed by atoms with Gasteiger partial charge in [0.1, 0.15) is 6.04 Å². The number of benzene rings is 1. The third-order valence-electron chi connectivity index (χ3n) is 2.52. The zero-order valence-corrected chi connectivity index (χ0v) is 11.2. The van der Waals surface area contributed by atoms with Gasteiger partial charge in [-0.1, -0.05) is 12.1 Å². The van der Waals surface area contributed by atoms with Crippen LogP contribution >= 0.6 is 0 Å². The molecular weight excluding hydrogens is 246 g/mol. The van der Waals surface area contributed by atoms with Gasteiger partial charge >= 0.3 is 5.97 Å². The highest BCUT2D eigenvalue weighted by Gasteiger charge is 2.21. The van der Waals surface area contributed by atoms with Gasteiger partial charge in [-0.3, -0.25) is 5.32 Å². The lowest BCUT2D eigenvalue weighted by Gasteiger charge is -2.17. The minimum Gasteiger partial charge on any atom is -0.504 e. The van der Waals surface area contributed by atoms with Crippen molar-refractivity contribution < 1.29 is 19.4 Å². The van der Waals surface area contributed by atoms with E-state index in [4.69, 9.17) is 9.47 Å². The van der Waals surface area contributed by atoms with Gasteiger partial charge in [0.25, 0.3) is 0 Å². The predicted octanol–water partition coefficient (Wildman–Crippen LogP) is 1.78. The van der Waals surface area contributed by atoms with Gasteiger partial charge in [0.05, 0.1) is 13.7 Å². The van der Waals surface area contributed by atoms with E-state index in [0.29, 0.717) is 24.5 Å². The first-order valence-electron chi connectivity index (χ1n) is 6.01. The van der Waals surface area contributed by atoms with Crippen LogP contribution in [0.15, 0.2) is 30.9 Å². The van der Waals surface area contributed by atoms with Crippen LogP contribution < -0.4 is 10.1 Å². The standard InChI is InChI=1S/C14H19NO4/c1-4-8-15-13(14(17)18-3)10-6-7-11(16)12(9-10)19-5-2/h4,6-7,9,13,15-16H,1,5,8H2,2-3H3. The second-order valence-corrected chi connectivity index (χ2v) is 3.81. The Morgan fingerprint density at radius 1 is 1.58 bits per heavy atom. The Morgan fingerprint density at radius 3 is 2.89 bits per heavy atom. The molecule has 19 heavy (non-hydrogen) atoms. The maximum atomic E-state index is 11.8. The van der Waals surface area contributed by atoms with Crippen LogP contribution in [0.1, 0.15) is 18.5 Å². The van der Waals surface area contributed by atoms with Gasteiger partial charge in [0.15, 0.2) is 11.5 Å². The molecular formula is C14H19NO4. The molecule has 0 aromatic heterocycles. The van der Waals surface area contributed by atoms with Gasteiger partial charge in [-0.15, -0.1) is 6.58 Å². The molecule has 1 rings (SSSR count). The molecule has 1 aromatic carbocycles. The summed E-state index contributed by atoms with van der Waals surface area (Å²) in [4.78, 5) is 11.8. The maximum Gasteiger partial charge on any atom is 0.327 e. The summed E-state index contributed by atoms with van der Waals surface area (Å²) < 4.78 is 10.1. The number of rotatable bonds is 7. The molecule has 0 heterocycles. The Bertz CT molecular complexity index is 445. The summed E-state index contributed by atoms with van der Waals surface area (Å²) in [6.45, 7) is 6.31. The topological polar surface area (TPSA) is 67.8 Å². The number of esters is 1. The zero-order chi connectivity index (χ0) is 14.3. The molecule has 104 valence electrons. The molecule has 0 amide bonds. The van der Waals surface area contributed by atoms with E-state index in [1.165, 1.54) is 13.2 Å². The molecule has 0 aliphatic rings. The summed E-state index contributed by atoms with van der Waals surface area (Å²) in [5.74, 6) is -0.0257. The van der Waals surface area contributed by atoms with Crippen molar-refractivity contribution in [1.82, 2.24) is 5.32 Å². The van der Waals surface area contributed by atoms with Crippen molar-refractivity contribution in [3.05, 3.63) is 36.4 Å². The number of phenols is 1. The molecule has 0 spiro atoms. The van der Waals surface area contributed by atoms with Gasteiger partial charge in [-0.2, -0.15) is 0 Å². The van der Waals surface area contributed by atoms with Crippen LogP contribution in [0.25, 0.3) is 0 Å². The molecule has 0 saturated heterocycles. The van der Waals surface area contributed by atoms with Crippen molar-refractivity contribution in [3.8, 4) is 11.5 Å². The fraction of sp³-hybridized carbons (Fsp3) is 0.357. The van der Waals surface area contributed by atoms with Crippen molar-refractivity contribution in [3.63, 3.8) is 0 Å². The minimum atomic E-state index is -0.622. The lowest BCUT2D eigenvalue weighted by Crippen LogP contribution is -2.29. The van der Waals surface area contributed by atoms with Crippen molar-refractivity contribution in [2.75, 3.05) is 20.3 Å². The average molecular weight is 265 g/mol. The molecule has 0 fully saturated rings. The number of methoxy groups -OCH3 is 1. The fourth-order valence-corrected chi connectivity index (χ4v) is 1.64. The molecule has 1 atom stereocenters. The maximum absolute atomic E-state index is 11.8. The summed E-state index contributed by atoms with van der Waals surface area (Å²) in [6, 6.07) is 4.14. The second-order valence-electron chi connectivity index (χ2n) is 3.81. The summed E-state index contributed by atoms with van der Waals surface area (Å²) in [6.07, 6.45) is 1.65. The molecule has 0 aliphatic heterocycles. The number of carbonyl (C=O) groups is 1. The largest absolute Gasteiger partial charge is 0.504 e. The Morgan fingerprint density at radius 2 is 2.32 bits per heavy atom. The summed E-state index contributed by atoms with van der Waals surface area (Å²) in [5, 5.41) is 12.6. The monoisotopic (exact) mass is 265 g/mol. The highest BCUT2D eigenvalue weighted by Crippen LogP contribution is 2.29. The number of nitrogens with one attached hydrogen (secondary N) is 1. The first kappa shape index (κ1) is 15.0. The van der Waals surface area contributed by atoms with Crippen LogP contribution in [0.3, 0.4) is 0 Å². The van der Waals surface area contributed by atoms with Gasteiger partial charge in [0, 0.05) is 6.54 Å². The lowest BCUT2D eigenvalue weighted by molar-refractivity contribution is -0.143. The van der Waals surface area contributed by atoms with E-state index >= 15 is 0 Å². The molecule has 2 N–H and O–H groups in total. The molecule has 0 aliphatic carbocycles. The molecule has 5 heteroatoms. The van der Waals surface area contributed by atoms with Gasteiger partial charge in [-0.25, -0.2) is 4.79 Å². The predicted molar refractivity (Wildman–Crippen MR) is 72.2 cm³/mol. The first-order valence-corrected chi connectivity index (χ1v) is 6.01. The first-order chi connectivity index (χ1) is 9.13. The highest BCUT2D eigenvalue weighted by atomic mass is 16.5. The van der Waals surface area contributed by atoms with E-state index in [-0.39, 0.29) is 5.75 Å². The molecule has 0 radical (unpaired) electrons. The van der Waals surface area contributed by atoms with E-state index in [2.05, 4.69) is 11.9 Å². The summed E-state index contributed by atoms with van der Waals surface area (Å²) in [5.41, 5.74) is 0.662.